The van der Waals surface area contributed by atoms with E-state index in [2.05, 4.69) is 0 Å². The lowest BCUT2D eigenvalue weighted by atomic mass is 9.66. The van der Waals surface area contributed by atoms with Gasteiger partial charge in [0.25, 0.3) is 0 Å². The highest BCUT2D eigenvalue weighted by Crippen LogP contribution is 2.53. The minimum absolute atomic E-state index is 0.0429. The minimum Gasteiger partial charge on any atom is -0.481 e. The Labute approximate surface area is 212 Å². The third-order valence-corrected chi connectivity index (χ3v) is 9.26. The van der Waals surface area contributed by atoms with Crippen LogP contribution in [0.25, 0.3) is 0 Å². The Morgan fingerprint density at radius 1 is 1.17 bits per heavy atom. The number of carbonyl (C=O) groups is 2. The van der Waals surface area contributed by atoms with Gasteiger partial charge < -0.3 is 34.2 Å². The van der Waals surface area contributed by atoms with Gasteiger partial charge in [0.15, 0.2) is 5.66 Å². The molecule has 0 saturated heterocycles. The Hall–Kier alpha value is -1.55. The maximum Gasteiger partial charge on any atom is 0.344 e. The monoisotopic (exact) mass is 532 g/mol. The lowest BCUT2D eigenvalue weighted by Gasteiger charge is -2.43. The second kappa shape index (κ2) is 13.8. The van der Waals surface area contributed by atoms with E-state index < -0.39 is 56.0 Å². The van der Waals surface area contributed by atoms with Crippen LogP contribution in [0.15, 0.2) is 23.8 Å². The van der Waals surface area contributed by atoms with Crippen molar-refractivity contribution in [3.8, 4) is 0 Å². The molecule has 2 unspecified atom stereocenters. The zero-order chi connectivity index (χ0) is 27.0. The minimum atomic E-state index is -3.73. The number of allylic oxidation sites excluding steroid dienone is 2. The largest absolute Gasteiger partial charge is 0.481 e. The van der Waals surface area contributed by atoms with E-state index in [1.54, 1.807) is 19.9 Å². The van der Waals surface area contributed by atoms with E-state index in [1.807, 2.05) is 19.1 Å². The molecule has 0 radical (unpaired) electrons. The van der Waals surface area contributed by atoms with Crippen molar-refractivity contribution >= 4 is 19.5 Å². The van der Waals surface area contributed by atoms with Crippen LogP contribution in [-0.4, -0.2) is 75.7 Å². The molecule has 0 aliphatic heterocycles. The van der Waals surface area contributed by atoms with Crippen LogP contribution in [0.2, 0.25) is 0 Å². The molecule has 4 N–H and O–H groups in total. The standard InChI is InChI=1S/C25H41O10P/c1-5-33-36(32,34-6-2)16(4)25(31)35-22-13-19(27)11-17-8-7-15(3)21(24(17)22)10-9-18(26)12-20(28)14-23(29)30/h7-8,11,15-16,18-22,24,26-28H,5-6,9-10,12-14H2,1-4H3,(H,29,30)/t15-,16?,18+,19+,20+,21-,22-,24?/m0/s1. The molecule has 0 spiro atoms. The molecule has 10 nitrogen and oxygen atoms in total. The van der Waals surface area contributed by atoms with Crippen molar-refractivity contribution < 1.29 is 48.4 Å². The summed E-state index contributed by atoms with van der Waals surface area (Å²) in [6.07, 6.45) is 2.70. The number of ether oxygens (including phenoxy) is 1. The predicted octanol–water partition coefficient (Wildman–Crippen LogP) is 3.05. The van der Waals surface area contributed by atoms with Crippen LogP contribution < -0.4 is 0 Å². The van der Waals surface area contributed by atoms with Gasteiger partial charge in [-0.25, -0.2) is 0 Å². The summed E-state index contributed by atoms with van der Waals surface area (Å²) in [6, 6.07) is 0. The van der Waals surface area contributed by atoms with Crippen molar-refractivity contribution in [3.05, 3.63) is 23.8 Å². The maximum atomic E-state index is 13.1. The Bertz CT molecular complexity index is 846. The Balaban J connectivity index is 2.17. The lowest BCUT2D eigenvalue weighted by molar-refractivity contribution is -0.154. The SMILES string of the molecule is CCOP(=O)(OCC)C(C)C(=O)O[C@H]1C[C@H](O)C=C2C=C[C@H](C)[C@H](CC[C@@H](O)C[C@@H](O)CC(=O)O)C21. The van der Waals surface area contributed by atoms with Crippen molar-refractivity contribution in [2.75, 3.05) is 13.2 Å². The molecule has 0 aromatic rings. The van der Waals surface area contributed by atoms with Crippen LogP contribution in [0.5, 0.6) is 0 Å². The third-order valence-electron chi connectivity index (χ3n) is 6.86. The van der Waals surface area contributed by atoms with Crippen LogP contribution in [0.4, 0.5) is 0 Å². The van der Waals surface area contributed by atoms with E-state index in [0.717, 1.165) is 5.57 Å². The Kier molecular flexibility index (Phi) is 11.8. The number of aliphatic carboxylic acids is 1. The van der Waals surface area contributed by atoms with Gasteiger partial charge >= 0.3 is 19.5 Å². The van der Waals surface area contributed by atoms with Gasteiger partial charge in [-0.2, -0.15) is 0 Å². The molecule has 8 atom stereocenters. The molecular formula is C25H41O10P. The molecule has 0 amide bonds. The number of esters is 1. The number of carbonyl (C=O) groups excluding carboxylic acids is 1. The van der Waals surface area contributed by atoms with Gasteiger partial charge in [0.2, 0.25) is 0 Å². The molecule has 0 aromatic heterocycles. The maximum absolute atomic E-state index is 13.1. The summed E-state index contributed by atoms with van der Waals surface area (Å²) in [4.78, 5) is 23.8. The summed E-state index contributed by atoms with van der Waals surface area (Å²) in [6.45, 7) is 7.01. The average molecular weight is 533 g/mol. The first-order valence-electron chi connectivity index (χ1n) is 12.7. The average Bonchev–Trinajstić information content (AvgIpc) is 2.77. The van der Waals surface area contributed by atoms with Gasteiger partial charge in [-0.3, -0.25) is 14.2 Å². The highest BCUT2D eigenvalue weighted by atomic mass is 31.2. The van der Waals surface area contributed by atoms with Gasteiger partial charge in [0.05, 0.1) is 37.9 Å². The number of hydrogen-bond acceptors (Lipinski definition) is 9. The van der Waals surface area contributed by atoms with E-state index in [1.165, 1.54) is 6.92 Å². The number of rotatable bonds is 14. The molecular weight excluding hydrogens is 491 g/mol. The van der Waals surface area contributed by atoms with Crippen molar-refractivity contribution in [1.82, 2.24) is 0 Å². The van der Waals surface area contributed by atoms with Crippen molar-refractivity contribution in [1.29, 1.82) is 0 Å². The van der Waals surface area contributed by atoms with Crippen molar-refractivity contribution in [2.45, 2.75) is 89.9 Å². The van der Waals surface area contributed by atoms with Crippen LogP contribution in [0.3, 0.4) is 0 Å². The molecule has 0 aromatic carbocycles. The van der Waals surface area contributed by atoms with E-state index in [4.69, 9.17) is 18.9 Å². The highest BCUT2D eigenvalue weighted by Gasteiger charge is 2.45. The number of aliphatic hydroxyl groups excluding tert-OH is 3. The fraction of sp³-hybridized carbons (Fsp3) is 0.760. The molecule has 0 bridgehead atoms. The van der Waals surface area contributed by atoms with Gasteiger partial charge in [-0.05, 0) is 57.4 Å². The third kappa shape index (κ3) is 8.23. The predicted molar refractivity (Wildman–Crippen MR) is 132 cm³/mol. The molecule has 206 valence electrons. The van der Waals surface area contributed by atoms with Crippen molar-refractivity contribution in [2.24, 2.45) is 17.8 Å². The van der Waals surface area contributed by atoms with Crippen LogP contribution in [0, 0.1) is 17.8 Å². The molecule has 36 heavy (non-hydrogen) atoms. The van der Waals surface area contributed by atoms with Crippen molar-refractivity contribution in [3.63, 3.8) is 0 Å². The summed E-state index contributed by atoms with van der Waals surface area (Å²) in [7, 11) is -3.73. The molecule has 0 fully saturated rings. The zero-order valence-corrected chi connectivity index (χ0v) is 22.4. The summed E-state index contributed by atoms with van der Waals surface area (Å²) >= 11 is 0. The molecule has 0 heterocycles. The van der Waals surface area contributed by atoms with Crippen LogP contribution in [0.1, 0.15) is 59.8 Å². The molecule has 2 rings (SSSR count). The molecule has 11 heteroatoms. The summed E-state index contributed by atoms with van der Waals surface area (Å²) < 4.78 is 29.6. The Morgan fingerprint density at radius 2 is 1.81 bits per heavy atom. The second-order valence-electron chi connectivity index (χ2n) is 9.62. The van der Waals surface area contributed by atoms with E-state index in [9.17, 15) is 29.5 Å². The fourth-order valence-electron chi connectivity index (χ4n) is 5.09. The molecule has 2 aliphatic carbocycles. The number of aliphatic hydroxyl groups is 3. The van der Waals surface area contributed by atoms with Gasteiger partial charge in [0.1, 0.15) is 6.10 Å². The smallest absolute Gasteiger partial charge is 0.344 e. The van der Waals surface area contributed by atoms with Gasteiger partial charge in [0, 0.05) is 12.3 Å². The highest BCUT2D eigenvalue weighted by molar-refractivity contribution is 7.55. The number of hydrogen-bond donors (Lipinski definition) is 4. The second-order valence-corrected chi connectivity index (χ2v) is 12.0. The summed E-state index contributed by atoms with van der Waals surface area (Å²) in [5.41, 5.74) is -0.308. The van der Waals surface area contributed by atoms with E-state index in [-0.39, 0.29) is 43.8 Å². The number of carboxylic acid groups (broad SMARTS) is 1. The lowest BCUT2D eigenvalue weighted by Crippen LogP contribution is -2.43. The topological polar surface area (TPSA) is 160 Å². The number of carboxylic acids is 1. The summed E-state index contributed by atoms with van der Waals surface area (Å²) in [5.74, 6) is -2.07. The summed E-state index contributed by atoms with van der Waals surface area (Å²) in [5, 5.41) is 39.5. The molecule has 0 saturated carbocycles. The van der Waals surface area contributed by atoms with E-state index in [0.29, 0.717) is 12.8 Å². The van der Waals surface area contributed by atoms with E-state index >= 15 is 0 Å². The van der Waals surface area contributed by atoms with Gasteiger partial charge in [-0.1, -0.05) is 25.2 Å². The first-order valence-corrected chi connectivity index (χ1v) is 14.3. The number of fused-ring (bicyclic) bond motifs is 1. The first-order chi connectivity index (χ1) is 16.9. The normalized spacial score (nSPS) is 28.5. The first kappa shape index (κ1) is 30.7. The fourth-order valence-corrected chi connectivity index (χ4v) is 6.65. The zero-order valence-electron chi connectivity index (χ0n) is 21.5. The van der Waals surface area contributed by atoms with Crippen LogP contribution in [-0.2, 0) is 27.9 Å². The quantitative estimate of drug-likeness (QED) is 0.193. The van der Waals surface area contributed by atoms with Crippen LogP contribution >= 0.6 is 7.60 Å². The van der Waals surface area contributed by atoms with Gasteiger partial charge in [-0.15, -0.1) is 0 Å². The Morgan fingerprint density at radius 3 is 2.39 bits per heavy atom. The molecule has 2 aliphatic rings.